The largest absolute Gasteiger partial charge is 0.466 e. The van der Waals surface area contributed by atoms with Crippen molar-refractivity contribution < 1.29 is 14.3 Å². The summed E-state index contributed by atoms with van der Waals surface area (Å²) < 4.78 is 11.4. The zero-order chi connectivity index (χ0) is 16.9. The molecule has 2 aromatic rings. The van der Waals surface area contributed by atoms with Gasteiger partial charge in [-0.15, -0.1) is 0 Å². The van der Waals surface area contributed by atoms with E-state index in [0.29, 0.717) is 19.1 Å². The fraction of sp³-hybridized carbons (Fsp3) is 0.381. The van der Waals surface area contributed by atoms with E-state index in [1.807, 2.05) is 43.3 Å². The monoisotopic (exact) mass is 324 g/mol. The summed E-state index contributed by atoms with van der Waals surface area (Å²) in [6.45, 7) is 4.94. The molecule has 2 aromatic carbocycles. The molecular weight excluding hydrogens is 300 g/mol. The van der Waals surface area contributed by atoms with E-state index in [0.717, 1.165) is 11.1 Å². The Balaban J connectivity index is 1.69. The summed E-state index contributed by atoms with van der Waals surface area (Å²) in [5, 5.41) is 0. The van der Waals surface area contributed by atoms with E-state index in [-0.39, 0.29) is 23.9 Å². The van der Waals surface area contributed by atoms with Gasteiger partial charge in [0.15, 0.2) is 0 Å². The van der Waals surface area contributed by atoms with Gasteiger partial charge in [0.2, 0.25) is 0 Å². The molecule has 3 atom stereocenters. The van der Waals surface area contributed by atoms with Gasteiger partial charge in [-0.05, 0) is 29.9 Å². The van der Waals surface area contributed by atoms with Crippen LogP contribution >= 0.6 is 0 Å². The van der Waals surface area contributed by atoms with Crippen LogP contribution in [0.25, 0.3) is 0 Å². The van der Waals surface area contributed by atoms with E-state index >= 15 is 0 Å². The molecule has 0 aliphatic heterocycles. The van der Waals surface area contributed by atoms with Crippen LogP contribution in [0.1, 0.15) is 31.1 Å². The molecule has 1 fully saturated rings. The molecule has 3 unspecified atom stereocenters. The van der Waals surface area contributed by atoms with E-state index in [4.69, 9.17) is 9.47 Å². The van der Waals surface area contributed by atoms with Crippen molar-refractivity contribution in [2.45, 2.75) is 20.0 Å². The second kappa shape index (κ2) is 7.63. The second-order valence-corrected chi connectivity index (χ2v) is 6.34. The van der Waals surface area contributed by atoms with Crippen LogP contribution < -0.4 is 0 Å². The van der Waals surface area contributed by atoms with Crippen LogP contribution in [-0.2, 0) is 14.3 Å². The highest BCUT2D eigenvalue weighted by molar-refractivity contribution is 5.76. The lowest BCUT2D eigenvalue weighted by Gasteiger charge is -2.19. The van der Waals surface area contributed by atoms with Crippen molar-refractivity contribution in [3.63, 3.8) is 0 Å². The highest BCUT2D eigenvalue weighted by atomic mass is 16.5. The third-order valence-electron chi connectivity index (χ3n) is 4.78. The van der Waals surface area contributed by atoms with Gasteiger partial charge in [-0.1, -0.05) is 67.6 Å². The smallest absolute Gasteiger partial charge is 0.309 e. The highest BCUT2D eigenvalue weighted by Crippen LogP contribution is 2.47. The molecule has 0 aromatic heterocycles. The first-order valence-corrected chi connectivity index (χ1v) is 8.60. The molecule has 1 aliphatic rings. The van der Waals surface area contributed by atoms with Crippen molar-refractivity contribution in [3.8, 4) is 0 Å². The molecule has 24 heavy (non-hydrogen) atoms. The van der Waals surface area contributed by atoms with Gasteiger partial charge in [-0.25, -0.2) is 0 Å². The standard InChI is InChI=1S/C21H24O3/c1-3-23-21(22)19-15(2)18(19)14-24-20(16-10-6-4-7-11-16)17-12-8-5-9-13-17/h4-13,15,18-20H,3,14H2,1-2H3. The van der Waals surface area contributed by atoms with Crippen LogP contribution in [-0.4, -0.2) is 19.2 Å². The molecule has 0 heterocycles. The molecule has 0 amide bonds. The maximum atomic E-state index is 11.9. The topological polar surface area (TPSA) is 35.5 Å². The number of benzene rings is 2. The number of hydrogen-bond acceptors (Lipinski definition) is 3. The SMILES string of the molecule is CCOC(=O)C1C(C)C1COC(c1ccccc1)c1ccccc1. The van der Waals surface area contributed by atoms with Crippen LogP contribution in [0.2, 0.25) is 0 Å². The Hall–Kier alpha value is -2.13. The first kappa shape index (κ1) is 16.7. The Kier molecular flexibility index (Phi) is 5.31. The third-order valence-corrected chi connectivity index (χ3v) is 4.78. The normalized spacial score (nSPS) is 22.4. The zero-order valence-corrected chi connectivity index (χ0v) is 14.2. The van der Waals surface area contributed by atoms with Gasteiger partial charge in [0.25, 0.3) is 0 Å². The van der Waals surface area contributed by atoms with Gasteiger partial charge in [0, 0.05) is 0 Å². The van der Waals surface area contributed by atoms with Gasteiger partial charge in [0.05, 0.1) is 19.1 Å². The predicted molar refractivity (Wildman–Crippen MR) is 93.5 cm³/mol. The van der Waals surface area contributed by atoms with Crippen molar-refractivity contribution in [3.05, 3.63) is 71.8 Å². The Morgan fingerprint density at radius 2 is 1.54 bits per heavy atom. The van der Waals surface area contributed by atoms with Gasteiger partial charge in [0.1, 0.15) is 6.10 Å². The Morgan fingerprint density at radius 1 is 1.00 bits per heavy atom. The van der Waals surface area contributed by atoms with Crippen LogP contribution in [0.5, 0.6) is 0 Å². The van der Waals surface area contributed by atoms with E-state index in [1.165, 1.54) is 0 Å². The summed E-state index contributed by atoms with van der Waals surface area (Å²) in [5.74, 6) is 0.474. The van der Waals surface area contributed by atoms with Crippen molar-refractivity contribution in [1.29, 1.82) is 0 Å². The minimum atomic E-state index is -0.108. The minimum absolute atomic E-state index is 0.0165. The van der Waals surface area contributed by atoms with Crippen molar-refractivity contribution in [2.24, 2.45) is 17.8 Å². The summed E-state index contributed by atoms with van der Waals surface area (Å²) in [6, 6.07) is 20.4. The molecule has 0 radical (unpaired) electrons. The fourth-order valence-corrected chi connectivity index (χ4v) is 3.28. The molecule has 3 heteroatoms. The lowest BCUT2D eigenvalue weighted by molar-refractivity contribution is -0.145. The highest BCUT2D eigenvalue weighted by Gasteiger charge is 2.52. The average Bonchev–Trinajstić information content (AvgIpc) is 3.27. The summed E-state index contributed by atoms with van der Waals surface area (Å²) in [7, 11) is 0. The van der Waals surface area contributed by atoms with Gasteiger partial charge < -0.3 is 9.47 Å². The summed E-state index contributed by atoms with van der Waals surface area (Å²) >= 11 is 0. The van der Waals surface area contributed by atoms with E-state index in [1.54, 1.807) is 0 Å². The van der Waals surface area contributed by atoms with E-state index in [2.05, 4.69) is 31.2 Å². The summed E-state index contributed by atoms with van der Waals surface area (Å²) in [4.78, 5) is 11.9. The van der Waals surface area contributed by atoms with Crippen LogP contribution in [0.15, 0.2) is 60.7 Å². The molecule has 3 rings (SSSR count). The third kappa shape index (κ3) is 3.68. The van der Waals surface area contributed by atoms with Gasteiger partial charge in [-0.2, -0.15) is 0 Å². The van der Waals surface area contributed by atoms with Crippen LogP contribution in [0.4, 0.5) is 0 Å². The molecular formula is C21H24O3. The lowest BCUT2D eigenvalue weighted by Crippen LogP contribution is -2.12. The molecule has 0 saturated heterocycles. The minimum Gasteiger partial charge on any atom is -0.466 e. The first-order chi connectivity index (χ1) is 11.7. The quantitative estimate of drug-likeness (QED) is 0.715. The molecule has 0 spiro atoms. The second-order valence-electron chi connectivity index (χ2n) is 6.34. The fourth-order valence-electron chi connectivity index (χ4n) is 3.28. The Morgan fingerprint density at radius 3 is 2.04 bits per heavy atom. The molecule has 3 nitrogen and oxygen atoms in total. The van der Waals surface area contributed by atoms with E-state index < -0.39 is 0 Å². The van der Waals surface area contributed by atoms with Crippen molar-refractivity contribution >= 4 is 5.97 Å². The molecule has 1 saturated carbocycles. The molecule has 0 N–H and O–H groups in total. The number of carbonyl (C=O) groups excluding carboxylic acids is 1. The van der Waals surface area contributed by atoms with Gasteiger partial charge >= 0.3 is 5.97 Å². The van der Waals surface area contributed by atoms with Crippen molar-refractivity contribution in [2.75, 3.05) is 13.2 Å². The number of hydrogen-bond donors (Lipinski definition) is 0. The van der Waals surface area contributed by atoms with Crippen LogP contribution in [0, 0.1) is 17.8 Å². The Labute approximate surface area is 143 Å². The Bertz CT molecular complexity index is 614. The molecule has 1 aliphatic carbocycles. The maximum absolute atomic E-state index is 11.9. The lowest BCUT2D eigenvalue weighted by atomic mass is 10.0. The maximum Gasteiger partial charge on any atom is 0.309 e. The summed E-state index contributed by atoms with van der Waals surface area (Å²) in [5.41, 5.74) is 2.26. The molecule has 0 bridgehead atoms. The summed E-state index contributed by atoms with van der Waals surface area (Å²) in [6.07, 6.45) is -0.108. The average molecular weight is 324 g/mol. The first-order valence-electron chi connectivity index (χ1n) is 8.60. The van der Waals surface area contributed by atoms with E-state index in [9.17, 15) is 4.79 Å². The predicted octanol–water partition coefficient (Wildman–Crippen LogP) is 4.24. The number of esters is 1. The molecule has 126 valence electrons. The van der Waals surface area contributed by atoms with Gasteiger partial charge in [-0.3, -0.25) is 4.79 Å². The van der Waals surface area contributed by atoms with Crippen LogP contribution in [0.3, 0.4) is 0 Å². The zero-order valence-electron chi connectivity index (χ0n) is 14.2. The number of ether oxygens (including phenoxy) is 2. The number of carbonyl (C=O) groups is 1. The number of rotatable bonds is 7. The van der Waals surface area contributed by atoms with Crippen molar-refractivity contribution in [1.82, 2.24) is 0 Å².